The van der Waals surface area contributed by atoms with Gasteiger partial charge in [-0.3, -0.25) is 4.57 Å². The maximum absolute atomic E-state index is 13.2. The van der Waals surface area contributed by atoms with Gasteiger partial charge < -0.3 is 4.42 Å². The van der Waals surface area contributed by atoms with Gasteiger partial charge in [0.1, 0.15) is 0 Å². The minimum atomic E-state index is -3.57. The number of rotatable bonds is 3. The maximum Gasteiger partial charge on any atom is 0.419 e. The summed E-state index contributed by atoms with van der Waals surface area (Å²) in [5.74, 6) is -0.00443. The van der Waals surface area contributed by atoms with Gasteiger partial charge >= 0.3 is 5.76 Å². The fraction of sp³-hybridized carbons (Fsp3) is 0.611. The summed E-state index contributed by atoms with van der Waals surface area (Å²) in [6, 6.07) is 4.84. The van der Waals surface area contributed by atoms with Crippen molar-refractivity contribution in [3.05, 3.63) is 28.7 Å². The molecule has 0 bridgehead atoms. The molecular formula is C18H24N2O4S. The predicted octanol–water partition coefficient (Wildman–Crippen LogP) is 2.86. The van der Waals surface area contributed by atoms with Crippen LogP contribution >= 0.6 is 0 Å². The van der Waals surface area contributed by atoms with Crippen molar-refractivity contribution in [1.29, 1.82) is 0 Å². The summed E-state index contributed by atoms with van der Waals surface area (Å²) in [5.41, 5.74) is 0.927. The topological polar surface area (TPSA) is 72.5 Å². The van der Waals surface area contributed by atoms with Crippen LogP contribution in [0.15, 0.2) is 32.3 Å². The number of sulfonamides is 1. The Morgan fingerprint density at radius 2 is 1.84 bits per heavy atom. The fourth-order valence-corrected chi connectivity index (χ4v) is 6.23. The van der Waals surface area contributed by atoms with E-state index in [1.807, 2.05) is 0 Å². The van der Waals surface area contributed by atoms with Gasteiger partial charge in [-0.1, -0.05) is 19.3 Å². The molecule has 2 heterocycles. The van der Waals surface area contributed by atoms with Gasteiger partial charge in [0.15, 0.2) is 5.58 Å². The van der Waals surface area contributed by atoms with Crippen LogP contribution < -0.4 is 5.76 Å². The van der Waals surface area contributed by atoms with Crippen LogP contribution in [0, 0.1) is 5.92 Å². The Balaban J connectivity index is 1.69. The second-order valence-corrected chi connectivity index (χ2v) is 9.17. The summed E-state index contributed by atoms with van der Waals surface area (Å²) < 4.78 is 34.7. The number of aromatic nitrogens is 1. The van der Waals surface area contributed by atoms with E-state index < -0.39 is 15.8 Å². The molecule has 2 aromatic rings. The van der Waals surface area contributed by atoms with Gasteiger partial charge in [0.05, 0.1) is 10.4 Å². The lowest BCUT2D eigenvalue weighted by molar-refractivity contribution is 0.226. The van der Waals surface area contributed by atoms with E-state index in [2.05, 4.69) is 0 Å². The third-order valence-corrected chi connectivity index (χ3v) is 7.73. The Morgan fingerprint density at radius 1 is 1.08 bits per heavy atom. The van der Waals surface area contributed by atoms with Crippen molar-refractivity contribution in [2.24, 2.45) is 13.0 Å². The van der Waals surface area contributed by atoms with Crippen molar-refractivity contribution in [3.63, 3.8) is 0 Å². The van der Waals surface area contributed by atoms with Crippen molar-refractivity contribution in [3.8, 4) is 0 Å². The molecule has 1 unspecified atom stereocenters. The second-order valence-electron chi connectivity index (χ2n) is 7.28. The van der Waals surface area contributed by atoms with E-state index in [0.29, 0.717) is 23.6 Å². The zero-order valence-corrected chi connectivity index (χ0v) is 15.3. The van der Waals surface area contributed by atoms with Crippen LogP contribution in [0.4, 0.5) is 0 Å². The van der Waals surface area contributed by atoms with Crippen LogP contribution in [0.5, 0.6) is 0 Å². The predicted molar refractivity (Wildman–Crippen MR) is 94.9 cm³/mol. The van der Waals surface area contributed by atoms with E-state index in [1.54, 1.807) is 23.5 Å². The van der Waals surface area contributed by atoms with Crippen LogP contribution in [0.2, 0.25) is 0 Å². The normalized spacial score (nSPS) is 23.5. The zero-order chi connectivity index (χ0) is 17.6. The molecule has 1 aliphatic carbocycles. The monoisotopic (exact) mass is 364 g/mol. The van der Waals surface area contributed by atoms with Gasteiger partial charge in [-0.15, -0.1) is 0 Å². The maximum atomic E-state index is 13.2. The van der Waals surface area contributed by atoms with Crippen molar-refractivity contribution >= 4 is 21.1 Å². The first kappa shape index (κ1) is 16.8. The van der Waals surface area contributed by atoms with Crippen LogP contribution in [0.1, 0.15) is 44.9 Å². The standard InChI is InChI=1S/C18H24N2O4S/c1-19-16-10-9-14(12-17(16)24-18(19)21)25(22,23)20-11-5-8-15(20)13-6-3-2-4-7-13/h9-10,12-13,15H,2-8,11H2,1H3. The Kier molecular flexibility index (Phi) is 4.24. The SMILES string of the molecule is Cn1c(=O)oc2cc(S(=O)(=O)N3CCCC3C3CCCCC3)ccc21. The molecule has 7 heteroatoms. The summed E-state index contributed by atoms with van der Waals surface area (Å²) in [7, 11) is -1.96. The average Bonchev–Trinajstić information content (AvgIpc) is 3.21. The van der Waals surface area contributed by atoms with Gasteiger partial charge in [-0.2, -0.15) is 4.31 Å². The summed E-state index contributed by atoms with van der Waals surface area (Å²) in [6.07, 6.45) is 7.80. The quantitative estimate of drug-likeness (QED) is 0.839. The highest BCUT2D eigenvalue weighted by Crippen LogP contribution is 2.37. The molecule has 2 aliphatic rings. The fourth-order valence-electron chi connectivity index (χ4n) is 4.46. The number of hydrogen-bond acceptors (Lipinski definition) is 4. The Bertz CT molecular complexity index is 938. The van der Waals surface area contributed by atoms with Gasteiger partial charge in [0, 0.05) is 25.7 Å². The molecule has 1 saturated carbocycles. The zero-order valence-electron chi connectivity index (χ0n) is 14.5. The molecule has 1 aromatic heterocycles. The van der Waals surface area contributed by atoms with Crippen molar-refractivity contribution < 1.29 is 12.8 Å². The van der Waals surface area contributed by atoms with E-state index in [-0.39, 0.29) is 10.9 Å². The lowest BCUT2D eigenvalue weighted by Crippen LogP contribution is -2.40. The molecule has 0 N–H and O–H groups in total. The van der Waals surface area contributed by atoms with Crippen LogP contribution in [-0.4, -0.2) is 29.9 Å². The highest BCUT2D eigenvalue weighted by molar-refractivity contribution is 7.89. The highest BCUT2D eigenvalue weighted by atomic mass is 32.2. The van der Waals surface area contributed by atoms with Gasteiger partial charge in [-0.25, -0.2) is 13.2 Å². The molecule has 1 aromatic carbocycles. The van der Waals surface area contributed by atoms with Crippen LogP contribution in [0.3, 0.4) is 0 Å². The molecule has 0 radical (unpaired) electrons. The van der Waals surface area contributed by atoms with E-state index in [0.717, 1.165) is 25.7 Å². The lowest BCUT2D eigenvalue weighted by Gasteiger charge is -2.33. The third-order valence-electron chi connectivity index (χ3n) is 5.81. The highest BCUT2D eigenvalue weighted by Gasteiger charge is 2.39. The van der Waals surface area contributed by atoms with Gasteiger partial charge in [0.2, 0.25) is 10.0 Å². The molecule has 0 spiro atoms. The molecule has 25 heavy (non-hydrogen) atoms. The molecule has 1 saturated heterocycles. The second kappa shape index (κ2) is 6.29. The summed E-state index contributed by atoms with van der Waals surface area (Å²) >= 11 is 0. The van der Waals surface area contributed by atoms with Crippen molar-refractivity contribution in [2.75, 3.05) is 6.54 Å². The number of oxazole rings is 1. The van der Waals surface area contributed by atoms with E-state index in [9.17, 15) is 13.2 Å². The Morgan fingerprint density at radius 3 is 2.60 bits per heavy atom. The first-order valence-electron chi connectivity index (χ1n) is 9.10. The van der Waals surface area contributed by atoms with E-state index >= 15 is 0 Å². The van der Waals surface area contributed by atoms with Crippen molar-refractivity contribution in [2.45, 2.75) is 55.9 Å². The summed E-state index contributed by atoms with van der Waals surface area (Å²) in [5, 5.41) is 0. The molecule has 1 atom stereocenters. The van der Waals surface area contributed by atoms with Gasteiger partial charge in [0.25, 0.3) is 0 Å². The third kappa shape index (κ3) is 2.83. The molecule has 2 fully saturated rings. The number of benzene rings is 1. The molecule has 6 nitrogen and oxygen atoms in total. The largest absolute Gasteiger partial charge is 0.419 e. The van der Waals surface area contributed by atoms with E-state index in [1.165, 1.54) is 29.9 Å². The Labute approximate surface area is 147 Å². The first-order chi connectivity index (χ1) is 12.0. The summed E-state index contributed by atoms with van der Waals surface area (Å²) in [6.45, 7) is 0.584. The van der Waals surface area contributed by atoms with Crippen molar-refractivity contribution in [1.82, 2.24) is 8.87 Å². The average molecular weight is 364 g/mol. The number of hydrogen-bond donors (Lipinski definition) is 0. The first-order valence-corrected chi connectivity index (χ1v) is 10.5. The van der Waals surface area contributed by atoms with Gasteiger partial charge in [-0.05, 0) is 43.7 Å². The lowest BCUT2D eigenvalue weighted by atomic mass is 9.83. The Hall–Kier alpha value is -1.60. The summed E-state index contributed by atoms with van der Waals surface area (Å²) in [4.78, 5) is 11.9. The molecular weight excluding hydrogens is 340 g/mol. The van der Waals surface area contributed by atoms with Crippen LogP contribution in [0.25, 0.3) is 11.1 Å². The molecule has 136 valence electrons. The number of aryl methyl sites for hydroxylation is 1. The van der Waals surface area contributed by atoms with E-state index in [4.69, 9.17) is 4.42 Å². The number of fused-ring (bicyclic) bond motifs is 1. The molecule has 4 rings (SSSR count). The molecule has 1 aliphatic heterocycles. The minimum Gasteiger partial charge on any atom is -0.408 e. The molecule has 0 amide bonds. The number of nitrogens with zero attached hydrogens (tertiary/aromatic N) is 2. The smallest absolute Gasteiger partial charge is 0.408 e. The van der Waals surface area contributed by atoms with Crippen LogP contribution in [-0.2, 0) is 17.1 Å². The minimum absolute atomic E-state index is 0.115.